The van der Waals surface area contributed by atoms with Crippen LogP contribution in [-0.2, 0) is 21.5 Å². The van der Waals surface area contributed by atoms with Gasteiger partial charge in [0.25, 0.3) is 0 Å². The van der Waals surface area contributed by atoms with E-state index < -0.39 is 17.1 Å². The lowest BCUT2D eigenvalue weighted by molar-refractivity contribution is -0.137. The number of benzene rings is 2. The van der Waals surface area contributed by atoms with E-state index in [1.807, 2.05) is 4.90 Å². The number of likely N-dealkylation sites (tertiary alicyclic amines) is 1. The van der Waals surface area contributed by atoms with Crippen LogP contribution in [0.2, 0.25) is 0 Å². The van der Waals surface area contributed by atoms with Crippen molar-refractivity contribution in [2.24, 2.45) is 0 Å². The van der Waals surface area contributed by atoms with E-state index in [9.17, 15) is 18.4 Å². The van der Waals surface area contributed by atoms with Crippen molar-refractivity contribution < 1.29 is 23.1 Å². The lowest BCUT2D eigenvalue weighted by Crippen LogP contribution is -2.47. The van der Waals surface area contributed by atoms with Gasteiger partial charge in [-0.3, -0.25) is 9.69 Å². The topological polar surface area (TPSA) is 49.9 Å². The third-order valence-corrected chi connectivity index (χ3v) is 7.19. The molecule has 3 aliphatic rings. The second-order valence-electron chi connectivity index (χ2n) is 9.31. The summed E-state index contributed by atoms with van der Waals surface area (Å²) in [5.74, 6) is -0.582. The number of carbonyl (C=O) groups is 2. The number of carbonyl (C=O) groups excluding carboxylic acids is 2. The Kier molecular flexibility index (Phi) is 5.14. The minimum absolute atomic E-state index is 0.0477. The summed E-state index contributed by atoms with van der Waals surface area (Å²) < 4.78 is 32.4. The summed E-state index contributed by atoms with van der Waals surface area (Å²) in [6.07, 6.45) is 3.60. The van der Waals surface area contributed by atoms with Gasteiger partial charge < -0.3 is 9.64 Å². The summed E-state index contributed by atoms with van der Waals surface area (Å²) in [5, 5.41) is 0. The van der Waals surface area contributed by atoms with Gasteiger partial charge in [-0.25, -0.2) is 13.6 Å². The highest BCUT2D eigenvalue weighted by Crippen LogP contribution is 2.44. The quantitative estimate of drug-likeness (QED) is 0.708. The second-order valence-corrected chi connectivity index (χ2v) is 9.31. The van der Waals surface area contributed by atoms with Crippen molar-refractivity contribution in [1.29, 1.82) is 0 Å². The Morgan fingerprint density at radius 2 is 1.53 bits per heavy atom. The van der Waals surface area contributed by atoms with Crippen molar-refractivity contribution >= 4 is 12.0 Å². The maximum absolute atomic E-state index is 13.7. The van der Waals surface area contributed by atoms with Crippen molar-refractivity contribution in [3.8, 4) is 0 Å². The van der Waals surface area contributed by atoms with Crippen molar-refractivity contribution in [3.05, 3.63) is 71.3 Å². The first-order chi connectivity index (χ1) is 15.4. The molecule has 5 rings (SSSR count). The second kappa shape index (κ2) is 7.87. The SMILES string of the molecule is O=C1O[C@@]2(CCN(C(=O)C3(c4ccc(F)cc4)CCCC3)C2)CN1Cc1ccc(F)cc1. The van der Waals surface area contributed by atoms with Crippen LogP contribution in [0.25, 0.3) is 0 Å². The van der Waals surface area contributed by atoms with Crippen LogP contribution in [0.1, 0.15) is 43.2 Å². The molecule has 0 unspecified atom stereocenters. The fraction of sp³-hybridized carbons (Fsp3) is 0.440. The zero-order valence-electron chi connectivity index (χ0n) is 17.9. The van der Waals surface area contributed by atoms with E-state index in [2.05, 4.69) is 0 Å². The molecule has 168 valence electrons. The highest BCUT2D eigenvalue weighted by Gasteiger charge is 2.54. The minimum atomic E-state index is -0.713. The zero-order valence-corrected chi connectivity index (χ0v) is 17.9. The van der Waals surface area contributed by atoms with Gasteiger partial charge in [0.2, 0.25) is 5.91 Å². The zero-order chi connectivity index (χ0) is 22.3. The smallest absolute Gasteiger partial charge is 0.410 e. The van der Waals surface area contributed by atoms with Crippen molar-refractivity contribution in [2.75, 3.05) is 19.6 Å². The number of hydrogen-bond acceptors (Lipinski definition) is 3. The molecule has 5 nitrogen and oxygen atoms in total. The largest absolute Gasteiger partial charge is 0.439 e. The molecule has 2 amide bonds. The van der Waals surface area contributed by atoms with Crippen LogP contribution >= 0.6 is 0 Å². The van der Waals surface area contributed by atoms with Crippen molar-refractivity contribution in [3.63, 3.8) is 0 Å². The molecule has 1 saturated carbocycles. The summed E-state index contributed by atoms with van der Waals surface area (Å²) in [6.45, 7) is 1.63. The fourth-order valence-corrected chi connectivity index (χ4v) is 5.53. The molecular weight excluding hydrogens is 414 g/mol. The number of halogens is 2. The Labute approximate surface area is 186 Å². The number of hydrogen-bond donors (Lipinski definition) is 0. The van der Waals surface area contributed by atoms with E-state index in [0.717, 1.165) is 36.8 Å². The first-order valence-corrected chi connectivity index (χ1v) is 11.2. The summed E-state index contributed by atoms with van der Waals surface area (Å²) in [4.78, 5) is 29.7. The van der Waals surface area contributed by atoms with E-state index in [1.54, 1.807) is 29.2 Å². The average Bonchev–Trinajstić information content (AvgIpc) is 3.50. The van der Waals surface area contributed by atoms with Gasteiger partial charge in [-0.15, -0.1) is 0 Å². The van der Waals surface area contributed by atoms with Gasteiger partial charge in [0.05, 0.1) is 18.5 Å². The van der Waals surface area contributed by atoms with Crippen molar-refractivity contribution in [2.45, 2.75) is 49.7 Å². The van der Waals surface area contributed by atoms with E-state index in [0.29, 0.717) is 32.6 Å². The maximum Gasteiger partial charge on any atom is 0.410 e. The molecule has 2 aromatic carbocycles. The molecule has 3 fully saturated rings. The van der Waals surface area contributed by atoms with E-state index >= 15 is 0 Å². The average molecular weight is 440 g/mol. The van der Waals surface area contributed by atoms with E-state index in [-0.39, 0.29) is 17.5 Å². The number of nitrogens with zero attached hydrogens (tertiary/aromatic N) is 2. The molecule has 0 radical (unpaired) electrons. The van der Waals surface area contributed by atoms with Crippen LogP contribution in [0.5, 0.6) is 0 Å². The molecule has 2 heterocycles. The molecular formula is C25H26F2N2O3. The van der Waals surface area contributed by atoms with Gasteiger partial charge in [-0.05, 0) is 48.2 Å². The van der Waals surface area contributed by atoms with Gasteiger partial charge in [0, 0.05) is 19.5 Å². The van der Waals surface area contributed by atoms with Gasteiger partial charge in [0.1, 0.15) is 11.6 Å². The van der Waals surface area contributed by atoms with E-state index in [4.69, 9.17) is 4.74 Å². The molecule has 1 spiro atoms. The molecule has 32 heavy (non-hydrogen) atoms. The monoisotopic (exact) mass is 440 g/mol. The molecule has 1 atom stereocenters. The molecule has 0 bridgehead atoms. The fourth-order valence-electron chi connectivity index (χ4n) is 5.53. The molecule has 2 aliphatic heterocycles. The Balaban J connectivity index is 1.31. The van der Waals surface area contributed by atoms with Crippen molar-refractivity contribution in [1.82, 2.24) is 9.80 Å². The lowest BCUT2D eigenvalue weighted by Gasteiger charge is -2.33. The number of amides is 2. The van der Waals surface area contributed by atoms with Crippen LogP contribution in [0.15, 0.2) is 48.5 Å². The molecule has 2 saturated heterocycles. The van der Waals surface area contributed by atoms with Gasteiger partial charge >= 0.3 is 6.09 Å². The molecule has 0 aromatic heterocycles. The van der Waals surface area contributed by atoms with Gasteiger partial charge in [-0.1, -0.05) is 37.1 Å². The first-order valence-electron chi connectivity index (χ1n) is 11.2. The van der Waals surface area contributed by atoms with Gasteiger partial charge in [-0.2, -0.15) is 0 Å². The van der Waals surface area contributed by atoms with E-state index in [1.165, 1.54) is 24.3 Å². The van der Waals surface area contributed by atoms with Crippen LogP contribution in [-0.4, -0.2) is 47.0 Å². The Morgan fingerprint density at radius 1 is 0.906 bits per heavy atom. The summed E-state index contributed by atoms with van der Waals surface area (Å²) in [7, 11) is 0. The normalized spacial score (nSPS) is 24.4. The lowest BCUT2D eigenvalue weighted by atomic mass is 9.77. The summed E-state index contributed by atoms with van der Waals surface area (Å²) in [6, 6.07) is 12.3. The highest BCUT2D eigenvalue weighted by molar-refractivity contribution is 5.89. The predicted molar refractivity (Wildman–Crippen MR) is 114 cm³/mol. The Hall–Kier alpha value is -2.96. The minimum Gasteiger partial charge on any atom is -0.439 e. The highest BCUT2D eigenvalue weighted by atomic mass is 19.1. The molecule has 2 aromatic rings. The van der Waals surface area contributed by atoms with Gasteiger partial charge in [0.15, 0.2) is 5.60 Å². The summed E-state index contributed by atoms with van der Waals surface area (Å²) in [5.41, 5.74) is 0.349. The molecule has 0 N–H and O–H groups in total. The predicted octanol–water partition coefficient (Wildman–Crippen LogP) is 4.40. The molecule has 1 aliphatic carbocycles. The third-order valence-electron chi connectivity index (χ3n) is 7.19. The van der Waals surface area contributed by atoms with Crippen LogP contribution in [0.3, 0.4) is 0 Å². The third kappa shape index (κ3) is 3.63. The first kappa shape index (κ1) is 20.9. The van der Waals surface area contributed by atoms with Crippen LogP contribution in [0.4, 0.5) is 13.6 Å². The number of rotatable bonds is 4. The molecule has 7 heteroatoms. The Bertz CT molecular complexity index is 1020. The van der Waals surface area contributed by atoms with Crippen LogP contribution in [0, 0.1) is 11.6 Å². The Morgan fingerprint density at radius 3 is 2.19 bits per heavy atom. The number of ether oxygens (including phenoxy) is 1. The summed E-state index contributed by atoms with van der Waals surface area (Å²) >= 11 is 0. The van der Waals surface area contributed by atoms with Crippen LogP contribution < -0.4 is 0 Å². The standard InChI is InChI=1S/C25H26F2N2O3/c26-20-7-3-18(4-8-20)15-29-17-24(32-23(29)31)13-14-28(16-24)22(30)25(11-1-2-12-25)19-5-9-21(27)10-6-19/h3-10H,1-2,11-17H2/t24-/m1/s1. The maximum atomic E-state index is 13.7.